The number of unbranched alkanes of at least 4 members (excludes halogenated alkanes) is 2. The molecular formula is C14H20F3N. The summed E-state index contributed by atoms with van der Waals surface area (Å²) in [4.78, 5) is 0. The molecule has 0 saturated carbocycles. The molecule has 1 atom stereocenters. The fraction of sp³-hybridized carbons (Fsp3) is 0.571. The van der Waals surface area contributed by atoms with Crippen LogP contribution in [-0.4, -0.2) is 6.04 Å². The lowest BCUT2D eigenvalue weighted by Gasteiger charge is -2.15. The predicted molar refractivity (Wildman–Crippen MR) is 68.7 cm³/mol. The van der Waals surface area contributed by atoms with Gasteiger partial charge in [-0.1, -0.05) is 26.2 Å². The van der Waals surface area contributed by atoms with Crippen molar-refractivity contribution in [3.8, 4) is 0 Å². The van der Waals surface area contributed by atoms with Crippen molar-refractivity contribution >= 4 is 5.69 Å². The number of benzene rings is 1. The Hall–Kier alpha value is -1.19. The van der Waals surface area contributed by atoms with E-state index in [-0.39, 0.29) is 6.04 Å². The van der Waals surface area contributed by atoms with E-state index in [1.54, 1.807) is 0 Å². The molecule has 0 bridgehead atoms. The van der Waals surface area contributed by atoms with Gasteiger partial charge in [-0.25, -0.2) is 0 Å². The molecule has 4 heteroatoms. The van der Waals surface area contributed by atoms with Crippen molar-refractivity contribution in [2.45, 2.75) is 51.7 Å². The van der Waals surface area contributed by atoms with Crippen LogP contribution >= 0.6 is 0 Å². The van der Waals surface area contributed by atoms with Gasteiger partial charge in [-0.3, -0.25) is 0 Å². The Morgan fingerprint density at radius 3 is 2.22 bits per heavy atom. The fourth-order valence-electron chi connectivity index (χ4n) is 1.81. The topological polar surface area (TPSA) is 12.0 Å². The van der Waals surface area contributed by atoms with Crippen molar-refractivity contribution in [3.63, 3.8) is 0 Å². The van der Waals surface area contributed by atoms with Gasteiger partial charge in [-0.2, -0.15) is 13.2 Å². The molecule has 0 spiro atoms. The first-order valence-electron chi connectivity index (χ1n) is 6.37. The number of hydrogen-bond donors (Lipinski definition) is 1. The highest BCUT2D eigenvalue weighted by Crippen LogP contribution is 2.29. The lowest BCUT2D eigenvalue weighted by atomic mass is 10.1. The van der Waals surface area contributed by atoms with Gasteiger partial charge in [-0.15, -0.1) is 0 Å². The average molecular weight is 259 g/mol. The molecule has 0 fully saturated rings. The lowest BCUT2D eigenvalue weighted by molar-refractivity contribution is -0.137. The Balaban J connectivity index is 2.48. The molecular weight excluding hydrogens is 239 g/mol. The molecule has 1 aromatic carbocycles. The summed E-state index contributed by atoms with van der Waals surface area (Å²) in [6, 6.07) is 5.48. The van der Waals surface area contributed by atoms with E-state index < -0.39 is 11.7 Å². The van der Waals surface area contributed by atoms with Gasteiger partial charge in [0.25, 0.3) is 0 Å². The van der Waals surface area contributed by atoms with Crippen molar-refractivity contribution in [2.75, 3.05) is 5.32 Å². The summed E-state index contributed by atoms with van der Waals surface area (Å²) >= 11 is 0. The zero-order valence-corrected chi connectivity index (χ0v) is 10.8. The molecule has 0 amide bonds. The molecule has 0 aliphatic rings. The van der Waals surface area contributed by atoms with Crippen LogP contribution in [0.15, 0.2) is 24.3 Å². The highest BCUT2D eigenvalue weighted by Gasteiger charge is 2.29. The quantitative estimate of drug-likeness (QED) is 0.702. The first-order valence-corrected chi connectivity index (χ1v) is 6.37. The van der Waals surface area contributed by atoms with Gasteiger partial charge in [0.1, 0.15) is 0 Å². The Labute approximate surface area is 106 Å². The minimum Gasteiger partial charge on any atom is -0.383 e. The molecule has 0 aliphatic heterocycles. The molecule has 0 aromatic heterocycles. The summed E-state index contributed by atoms with van der Waals surface area (Å²) in [6.45, 7) is 4.20. The normalized spacial score (nSPS) is 13.4. The Bertz CT molecular complexity index is 343. The van der Waals surface area contributed by atoms with Gasteiger partial charge in [0, 0.05) is 11.7 Å². The zero-order chi connectivity index (χ0) is 13.6. The monoisotopic (exact) mass is 259 g/mol. The lowest BCUT2D eigenvalue weighted by Crippen LogP contribution is -2.15. The molecule has 0 saturated heterocycles. The predicted octanol–water partition coefficient (Wildman–Crippen LogP) is 5.09. The van der Waals surface area contributed by atoms with Gasteiger partial charge in [0.2, 0.25) is 0 Å². The van der Waals surface area contributed by atoms with Gasteiger partial charge < -0.3 is 5.32 Å². The third-order valence-corrected chi connectivity index (χ3v) is 2.87. The number of hydrogen-bond acceptors (Lipinski definition) is 1. The molecule has 0 aliphatic carbocycles. The minimum atomic E-state index is -4.26. The van der Waals surface area contributed by atoms with E-state index in [0.29, 0.717) is 0 Å². The van der Waals surface area contributed by atoms with Crippen molar-refractivity contribution < 1.29 is 13.2 Å². The molecule has 1 unspecified atom stereocenters. The van der Waals surface area contributed by atoms with Crippen LogP contribution in [0, 0.1) is 0 Å². The van der Waals surface area contributed by atoms with Gasteiger partial charge >= 0.3 is 6.18 Å². The standard InChI is InChI=1S/C14H20F3N/c1-3-4-5-6-11(2)18-13-9-7-12(8-10-13)14(15,16)17/h7-11,18H,3-6H2,1-2H3. The molecule has 0 heterocycles. The third-order valence-electron chi connectivity index (χ3n) is 2.87. The summed E-state index contributed by atoms with van der Waals surface area (Å²) in [5.74, 6) is 0. The summed E-state index contributed by atoms with van der Waals surface area (Å²) in [5, 5.41) is 3.21. The van der Waals surface area contributed by atoms with Crippen molar-refractivity contribution in [3.05, 3.63) is 29.8 Å². The average Bonchev–Trinajstić information content (AvgIpc) is 2.29. The molecule has 1 aromatic rings. The van der Waals surface area contributed by atoms with Crippen LogP contribution < -0.4 is 5.32 Å². The second kappa shape index (κ2) is 6.66. The second-order valence-corrected chi connectivity index (χ2v) is 4.62. The van der Waals surface area contributed by atoms with Crippen LogP contribution in [0.2, 0.25) is 0 Å². The van der Waals surface area contributed by atoms with E-state index in [4.69, 9.17) is 0 Å². The summed E-state index contributed by atoms with van der Waals surface area (Å²) < 4.78 is 37.1. The molecule has 1 N–H and O–H groups in total. The van der Waals surface area contributed by atoms with Gasteiger partial charge in [0.15, 0.2) is 0 Å². The van der Waals surface area contributed by atoms with Crippen LogP contribution in [0.25, 0.3) is 0 Å². The largest absolute Gasteiger partial charge is 0.416 e. The molecule has 0 radical (unpaired) electrons. The SMILES string of the molecule is CCCCCC(C)Nc1ccc(C(F)(F)F)cc1. The number of anilines is 1. The van der Waals surface area contributed by atoms with Crippen LogP contribution in [0.3, 0.4) is 0 Å². The van der Waals surface area contributed by atoms with Gasteiger partial charge in [-0.05, 0) is 37.6 Å². The van der Waals surface area contributed by atoms with Crippen molar-refractivity contribution in [1.29, 1.82) is 0 Å². The maximum Gasteiger partial charge on any atom is 0.416 e. The van der Waals surface area contributed by atoms with E-state index in [1.807, 2.05) is 6.92 Å². The molecule has 102 valence electrons. The summed E-state index contributed by atoms with van der Waals surface area (Å²) in [7, 11) is 0. The zero-order valence-electron chi connectivity index (χ0n) is 10.8. The third kappa shape index (κ3) is 4.98. The Morgan fingerprint density at radius 1 is 1.11 bits per heavy atom. The van der Waals surface area contributed by atoms with Crippen LogP contribution in [0.5, 0.6) is 0 Å². The summed E-state index contributed by atoms with van der Waals surface area (Å²) in [5.41, 5.74) is 0.138. The van der Waals surface area contributed by atoms with Crippen molar-refractivity contribution in [1.82, 2.24) is 0 Å². The maximum absolute atomic E-state index is 12.4. The molecule has 18 heavy (non-hydrogen) atoms. The van der Waals surface area contributed by atoms with E-state index in [0.717, 1.165) is 30.7 Å². The smallest absolute Gasteiger partial charge is 0.383 e. The second-order valence-electron chi connectivity index (χ2n) is 4.62. The Kier molecular flexibility index (Phi) is 5.51. The van der Waals surface area contributed by atoms with Crippen LogP contribution in [-0.2, 0) is 6.18 Å². The number of rotatable bonds is 6. The van der Waals surface area contributed by atoms with Crippen molar-refractivity contribution in [2.24, 2.45) is 0 Å². The Morgan fingerprint density at radius 2 is 1.72 bits per heavy atom. The first kappa shape index (κ1) is 14.9. The van der Waals surface area contributed by atoms with Crippen LogP contribution in [0.1, 0.15) is 45.1 Å². The molecule has 1 rings (SSSR count). The minimum absolute atomic E-state index is 0.285. The highest BCUT2D eigenvalue weighted by atomic mass is 19.4. The van der Waals surface area contributed by atoms with E-state index >= 15 is 0 Å². The van der Waals surface area contributed by atoms with E-state index in [2.05, 4.69) is 12.2 Å². The summed E-state index contributed by atoms with van der Waals surface area (Å²) in [6.07, 6.45) is 0.289. The van der Waals surface area contributed by atoms with E-state index in [1.165, 1.54) is 25.0 Å². The first-order chi connectivity index (χ1) is 8.43. The maximum atomic E-state index is 12.4. The van der Waals surface area contributed by atoms with Gasteiger partial charge in [0.05, 0.1) is 5.56 Å². The highest BCUT2D eigenvalue weighted by molar-refractivity contribution is 5.45. The van der Waals surface area contributed by atoms with E-state index in [9.17, 15) is 13.2 Å². The molecule has 1 nitrogen and oxygen atoms in total. The number of nitrogens with one attached hydrogen (secondary N) is 1. The number of alkyl halides is 3. The van der Waals surface area contributed by atoms with Crippen LogP contribution in [0.4, 0.5) is 18.9 Å². The fourth-order valence-corrected chi connectivity index (χ4v) is 1.81. The number of halogens is 3.